The fraction of sp³-hybridized carbons (Fsp3) is 0.348. The van der Waals surface area contributed by atoms with Gasteiger partial charge in [-0.05, 0) is 44.0 Å². The number of esters is 1. The van der Waals surface area contributed by atoms with Crippen LogP contribution in [0, 0.1) is 12.8 Å². The lowest BCUT2D eigenvalue weighted by Crippen LogP contribution is -2.41. The zero-order valence-electron chi connectivity index (χ0n) is 17.2. The number of aryl methyl sites for hydroxylation is 1. The largest absolute Gasteiger partial charge is 0.469 e. The lowest BCUT2D eigenvalue weighted by atomic mass is 9.97. The molecule has 1 aliphatic rings. The Kier molecular flexibility index (Phi) is 6.08. The zero-order valence-corrected chi connectivity index (χ0v) is 18.0. The molecule has 1 amide bonds. The molecule has 0 spiro atoms. The van der Waals surface area contributed by atoms with E-state index in [-0.39, 0.29) is 17.8 Å². The molecular formula is C23H25N3O3S. The molecule has 4 rings (SSSR count). The quantitative estimate of drug-likeness (QED) is 0.461. The molecule has 2 aromatic carbocycles. The first-order valence-corrected chi connectivity index (χ1v) is 11.1. The molecule has 1 aliphatic heterocycles. The van der Waals surface area contributed by atoms with Crippen LogP contribution in [0.1, 0.15) is 18.4 Å². The molecule has 0 unspecified atom stereocenters. The lowest BCUT2D eigenvalue weighted by Gasteiger charge is -2.30. The molecular weight excluding hydrogens is 398 g/mol. The van der Waals surface area contributed by atoms with E-state index >= 15 is 0 Å². The van der Waals surface area contributed by atoms with Crippen LogP contribution >= 0.6 is 11.8 Å². The molecule has 3 aromatic rings. The van der Waals surface area contributed by atoms with Crippen LogP contribution in [-0.4, -0.2) is 52.3 Å². The van der Waals surface area contributed by atoms with Crippen molar-refractivity contribution in [3.63, 3.8) is 0 Å². The van der Waals surface area contributed by atoms with E-state index in [0.29, 0.717) is 31.7 Å². The van der Waals surface area contributed by atoms with Gasteiger partial charge in [-0.25, -0.2) is 4.98 Å². The molecule has 0 bridgehead atoms. The monoisotopic (exact) mass is 423 g/mol. The highest BCUT2D eigenvalue weighted by molar-refractivity contribution is 7.99. The van der Waals surface area contributed by atoms with Crippen molar-refractivity contribution < 1.29 is 14.3 Å². The van der Waals surface area contributed by atoms with Crippen molar-refractivity contribution in [1.82, 2.24) is 14.5 Å². The highest BCUT2D eigenvalue weighted by Gasteiger charge is 2.28. The Bertz CT molecular complexity index is 1050. The number of para-hydroxylation sites is 2. The van der Waals surface area contributed by atoms with Crippen molar-refractivity contribution in [2.24, 2.45) is 5.92 Å². The number of rotatable bonds is 5. The van der Waals surface area contributed by atoms with Crippen LogP contribution in [-0.2, 0) is 14.3 Å². The number of methoxy groups -OCH3 is 1. The smallest absolute Gasteiger partial charge is 0.308 e. The second-order valence-corrected chi connectivity index (χ2v) is 8.46. The number of imidazole rings is 1. The molecule has 0 atom stereocenters. The van der Waals surface area contributed by atoms with Crippen LogP contribution in [0.2, 0.25) is 0 Å². The van der Waals surface area contributed by atoms with Gasteiger partial charge in [0.15, 0.2) is 5.16 Å². The van der Waals surface area contributed by atoms with Gasteiger partial charge in [0.1, 0.15) is 0 Å². The minimum atomic E-state index is -0.178. The van der Waals surface area contributed by atoms with Gasteiger partial charge in [0.05, 0.1) is 29.8 Å². The summed E-state index contributed by atoms with van der Waals surface area (Å²) in [6, 6.07) is 16.3. The van der Waals surface area contributed by atoms with Gasteiger partial charge < -0.3 is 9.64 Å². The Balaban J connectivity index is 1.49. The molecule has 156 valence electrons. The number of fused-ring (bicyclic) bond motifs is 1. The van der Waals surface area contributed by atoms with Gasteiger partial charge in [0.2, 0.25) is 5.91 Å². The highest BCUT2D eigenvalue weighted by Crippen LogP contribution is 2.29. The SMILES string of the molecule is COC(=O)C1CCN(C(=O)CSc2nc3ccccc3n2-c2ccc(C)cc2)CC1. The fourth-order valence-electron chi connectivity index (χ4n) is 3.79. The van der Waals surface area contributed by atoms with Crippen LogP contribution in [0.25, 0.3) is 16.7 Å². The second-order valence-electron chi connectivity index (χ2n) is 7.52. The fourth-order valence-corrected chi connectivity index (χ4v) is 4.72. The number of piperidine rings is 1. The third kappa shape index (κ3) is 4.21. The average molecular weight is 424 g/mol. The van der Waals surface area contributed by atoms with Crippen LogP contribution in [0.4, 0.5) is 0 Å². The van der Waals surface area contributed by atoms with E-state index in [1.54, 1.807) is 0 Å². The maximum Gasteiger partial charge on any atom is 0.308 e. The van der Waals surface area contributed by atoms with Crippen LogP contribution in [0.3, 0.4) is 0 Å². The maximum absolute atomic E-state index is 12.8. The normalized spacial score (nSPS) is 14.8. The summed E-state index contributed by atoms with van der Waals surface area (Å²) in [6.07, 6.45) is 1.32. The third-order valence-electron chi connectivity index (χ3n) is 5.53. The Morgan fingerprint density at radius 1 is 1.10 bits per heavy atom. The third-order valence-corrected chi connectivity index (χ3v) is 6.45. The van der Waals surface area contributed by atoms with Crippen molar-refractivity contribution >= 4 is 34.7 Å². The predicted octanol–water partition coefficient (Wildman–Crippen LogP) is 3.84. The van der Waals surface area contributed by atoms with Gasteiger partial charge in [-0.1, -0.05) is 41.6 Å². The molecule has 1 fully saturated rings. The molecule has 7 heteroatoms. The summed E-state index contributed by atoms with van der Waals surface area (Å²) in [5.41, 5.74) is 4.16. The summed E-state index contributed by atoms with van der Waals surface area (Å²) in [5.74, 6) is 0.115. The number of likely N-dealkylation sites (tertiary alicyclic amines) is 1. The van der Waals surface area contributed by atoms with Gasteiger partial charge in [-0.3, -0.25) is 14.2 Å². The second kappa shape index (κ2) is 8.92. The number of benzene rings is 2. The standard InChI is InChI=1S/C23H25N3O3S/c1-16-7-9-18(10-8-16)26-20-6-4-3-5-19(20)24-23(26)30-15-21(27)25-13-11-17(12-14-25)22(28)29-2/h3-10,17H,11-15H2,1-2H3. The molecule has 0 radical (unpaired) electrons. The van der Waals surface area contributed by atoms with Gasteiger partial charge in [-0.15, -0.1) is 0 Å². The summed E-state index contributed by atoms with van der Waals surface area (Å²) in [6.45, 7) is 3.24. The molecule has 0 saturated carbocycles. The van der Waals surface area contributed by atoms with E-state index in [4.69, 9.17) is 9.72 Å². The molecule has 2 heterocycles. The summed E-state index contributed by atoms with van der Waals surface area (Å²) in [4.78, 5) is 31.1. The van der Waals surface area contributed by atoms with Crippen molar-refractivity contribution in [3.05, 3.63) is 54.1 Å². The lowest BCUT2D eigenvalue weighted by molar-refractivity contribution is -0.148. The van der Waals surface area contributed by atoms with Crippen LogP contribution in [0.5, 0.6) is 0 Å². The Morgan fingerprint density at radius 2 is 1.80 bits per heavy atom. The van der Waals surface area contributed by atoms with Gasteiger partial charge >= 0.3 is 5.97 Å². The van der Waals surface area contributed by atoms with Crippen molar-refractivity contribution in [1.29, 1.82) is 0 Å². The van der Waals surface area contributed by atoms with E-state index in [1.807, 2.05) is 29.2 Å². The zero-order chi connectivity index (χ0) is 21.1. The number of amides is 1. The first kappa shape index (κ1) is 20.5. The maximum atomic E-state index is 12.8. The molecule has 1 aromatic heterocycles. The van der Waals surface area contributed by atoms with Gasteiger partial charge in [0.25, 0.3) is 0 Å². The Hall–Kier alpha value is -2.80. The van der Waals surface area contributed by atoms with E-state index < -0.39 is 0 Å². The van der Waals surface area contributed by atoms with Crippen molar-refractivity contribution in [2.45, 2.75) is 24.9 Å². The highest BCUT2D eigenvalue weighted by atomic mass is 32.2. The van der Waals surface area contributed by atoms with Gasteiger partial charge in [0, 0.05) is 18.8 Å². The minimum absolute atomic E-state index is 0.0748. The number of thioether (sulfide) groups is 1. The molecule has 30 heavy (non-hydrogen) atoms. The molecule has 6 nitrogen and oxygen atoms in total. The number of hydrogen-bond acceptors (Lipinski definition) is 5. The average Bonchev–Trinajstić information content (AvgIpc) is 3.16. The minimum Gasteiger partial charge on any atom is -0.469 e. The molecule has 0 aliphatic carbocycles. The number of carbonyl (C=O) groups excluding carboxylic acids is 2. The molecule has 0 N–H and O–H groups in total. The molecule has 1 saturated heterocycles. The van der Waals surface area contributed by atoms with Gasteiger partial charge in [-0.2, -0.15) is 0 Å². The van der Waals surface area contributed by atoms with E-state index in [2.05, 4.69) is 35.8 Å². The van der Waals surface area contributed by atoms with Crippen LogP contribution < -0.4 is 0 Å². The first-order valence-electron chi connectivity index (χ1n) is 10.1. The summed E-state index contributed by atoms with van der Waals surface area (Å²) in [7, 11) is 1.41. The van der Waals surface area contributed by atoms with Crippen molar-refractivity contribution in [2.75, 3.05) is 26.0 Å². The van der Waals surface area contributed by atoms with Crippen LogP contribution in [0.15, 0.2) is 53.7 Å². The predicted molar refractivity (Wildman–Crippen MR) is 118 cm³/mol. The summed E-state index contributed by atoms with van der Waals surface area (Å²) < 4.78 is 6.93. The Labute approximate surface area is 180 Å². The number of ether oxygens (including phenoxy) is 1. The number of carbonyl (C=O) groups is 2. The van der Waals surface area contributed by atoms with E-state index in [9.17, 15) is 9.59 Å². The topological polar surface area (TPSA) is 64.4 Å². The first-order chi connectivity index (χ1) is 14.6. The Morgan fingerprint density at radius 3 is 2.50 bits per heavy atom. The number of hydrogen-bond donors (Lipinski definition) is 0. The van der Waals surface area contributed by atoms with E-state index in [1.165, 1.54) is 24.4 Å². The summed E-state index contributed by atoms with van der Waals surface area (Å²) in [5, 5.41) is 0.804. The van der Waals surface area contributed by atoms with Crippen molar-refractivity contribution in [3.8, 4) is 5.69 Å². The van der Waals surface area contributed by atoms with E-state index in [0.717, 1.165) is 21.9 Å². The number of nitrogens with zero attached hydrogens (tertiary/aromatic N) is 3. The number of aromatic nitrogens is 2. The summed E-state index contributed by atoms with van der Waals surface area (Å²) >= 11 is 1.45.